The molecule has 100 valence electrons. The molecular weight excluding hydrogens is 235 g/mol. The van der Waals surface area contributed by atoms with Crippen molar-refractivity contribution in [3.8, 4) is 0 Å². The van der Waals surface area contributed by atoms with Crippen LogP contribution in [0.15, 0.2) is 0 Å². The molecule has 1 N–H and O–H groups in total. The van der Waals surface area contributed by atoms with Gasteiger partial charge in [0.05, 0.1) is 13.0 Å². The summed E-state index contributed by atoms with van der Waals surface area (Å²) in [7, 11) is 1.26. The molecule has 1 rings (SSSR count). The van der Waals surface area contributed by atoms with E-state index < -0.39 is 24.1 Å². The van der Waals surface area contributed by atoms with Crippen molar-refractivity contribution in [3.63, 3.8) is 0 Å². The lowest BCUT2D eigenvalue weighted by Gasteiger charge is -2.32. The minimum Gasteiger partial charge on any atom is -0.468 e. The molecule has 1 saturated carbocycles. The molecule has 6 heteroatoms. The quantitative estimate of drug-likeness (QED) is 0.784. The second-order valence-electron chi connectivity index (χ2n) is 4.51. The maximum atomic E-state index is 12.6. The molecule has 0 heterocycles. The molecule has 0 bridgehead atoms. The second-order valence-corrected chi connectivity index (χ2v) is 4.51. The van der Waals surface area contributed by atoms with Crippen molar-refractivity contribution >= 4 is 5.97 Å². The van der Waals surface area contributed by atoms with E-state index in [0.717, 1.165) is 0 Å². The lowest BCUT2D eigenvalue weighted by molar-refractivity contribution is -0.183. The molecule has 0 saturated heterocycles. The van der Waals surface area contributed by atoms with Crippen LogP contribution < -0.4 is 5.32 Å². The first-order chi connectivity index (χ1) is 7.84. The Balaban J connectivity index is 2.47. The number of rotatable bonds is 3. The van der Waals surface area contributed by atoms with Gasteiger partial charge in [-0.3, -0.25) is 4.79 Å². The zero-order valence-electron chi connectivity index (χ0n) is 10.0. The highest BCUT2D eigenvalue weighted by molar-refractivity contribution is 5.75. The summed E-state index contributed by atoms with van der Waals surface area (Å²) >= 11 is 0. The number of nitrogens with one attached hydrogen (secondary N) is 1. The highest BCUT2D eigenvalue weighted by atomic mass is 19.4. The third-order valence-corrected chi connectivity index (χ3v) is 3.18. The number of carbonyl (C=O) groups is 1. The third-order valence-electron chi connectivity index (χ3n) is 3.18. The van der Waals surface area contributed by atoms with Crippen molar-refractivity contribution in [2.24, 2.45) is 5.92 Å². The summed E-state index contributed by atoms with van der Waals surface area (Å²) in [6, 6.07) is -0.818. The minimum atomic E-state index is -4.13. The van der Waals surface area contributed by atoms with E-state index in [0.29, 0.717) is 12.8 Å². The van der Waals surface area contributed by atoms with Crippen LogP contribution >= 0.6 is 0 Å². The summed E-state index contributed by atoms with van der Waals surface area (Å²) in [6.07, 6.45) is -2.68. The van der Waals surface area contributed by atoms with Gasteiger partial charge in [-0.05, 0) is 26.2 Å². The Hall–Kier alpha value is -0.780. The van der Waals surface area contributed by atoms with E-state index in [1.54, 1.807) is 6.92 Å². The fourth-order valence-electron chi connectivity index (χ4n) is 2.24. The van der Waals surface area contributed by atoms with Crippen LogP contribution in [0.5, 0.6) is 0 Å². The summed E-state index contributed by atoms with van der Waals surface area (Å²) in [5, 5.41) is 2.90. The Bertz CT molecular complexity index is 268. The molecule has 3 unspecified atom stereocenters. The third kappa shape index (κ3) is 4.18. The topological polar surface area (TPSA) is 38.3 Å². The predicted molar refractivity (Wildman–Crippen MR) is 56.4 cm³/mol. The molecule has 0 aromatic carbocycles. The van der Waals surface area contributed by atoms with E-state index in [4.69, 9.17) is 0 Å². The van der Waals surface area contributed by atoms with Gasteiger partial charge in [-0.2, -0.15) is 13.2 Å². The summed E-state index contributed by atoms with van der Waals surface area (Å²) in [5.41, 5.74) is 0. The molecule has 1 aliphatic rings. The number of hydrogen-bond acceptors (Lipinski definition) is 3. The van der Waals surface area contributed by atoms with Crippen LogP contribution in [0.2, 0.25) is 0 Å². The van der Waals surface area contributed by atoms with E-state index in [-0.39, 0.29) is 18.9 Å². The fourth-order valence-corrected chi connectivity index (χ4v) is 2.24. The van der Waals surface area contributed by atoms with Crippen molar-refractivity contribution in [1.29, 1.82) is 0 Å². The van der Waals surface area contributed by atoms with E-state index in [2.05, 4.69) is 10.1 Å². The van der Waals surface area contributed by atoms with Gasteiger partial charge >= 0.3 is 12.1 Å². The smallest absolute Gasteiger partial charge is 0.391 e. The van der Waals surface area contributed by atoms with Crippen LogP contribution in [0.3, 0.4) is 0 Å². The van der Waals surface area contributed by atoms with Crippen molar-refractivity contribution in [2.75, 3.05) is 7.11 Å². The molecule has 0 radical (unpaired) electrons. The molecule has 0 aliphatic heterocycles. The molecule has 3 atom stereocenters. The van der Waals surface area contributed by atoms with Gasteiger partial charge in [-0.15, -0.1) is 0 Å². The van der Waals surface area contributed by atoms with Crippen LogP contribution in [0.1, 0.15) is 32.6 Å². The highest BCUT2D eigenvalue weighted by Crippen LogP contribution is 2.37. The average Bonchev–Trinajstić information content (AvgIpc) is 2.27. The van der Waals surface area contributed by atoms with Crippen LogP contribution in [-0.2, 0) is 9.53 Å². The number of ether oxygens (including phenoxy) is 1. The molecule has 1 fully saturated rings. The molecule has 3 nitrogen and oxygen atoms in total. The summed E-state index contributed by atoms with van der Waals surface area (Å²) in [6.45, 7) is 1.60. The van der Waals surface area contributed by atoms with Crippen LogP contribution in [0.25, 0.3) is 0 Å². The van der Waals surface area contributed by atoms with Crippen LogP contribution in [-0.4, -0.2) is 31.3 Å². The van der Waals surface area contributed by atoms with E-state index in [1.807, 2.05) is 0 Å². The molecular formula is C11H18F3NO2. The number of alkyl halides is 3. The lowest BCUT2D eigenvalue weighted by atomic mass is 9.85. The maximum Gasteiger partial charge on any atom is 0.391 e. The number of hydrogen-bond donors (Lipinski definition) is 1. The molecule has 0 aromatic rings. The van der Waals surface area contributed by atoms with Gasteiger partial charge in [-0.25, -0.2) is 0 Å². The monoisotopic (exact) mass is 253 g/mol. The lowest BCUT2D eigenvalue weighted by Crippen LogP contribution is -2.45. The van der Waals surface area contributed by atoms with Gasteiger partial charge in [0, 0.05) is 6.04 Å². The van der Waals surface area contributed by atoms with Crippen LogP contribution in [0, 0.1) is 5.92 Å². The minimum absolute atomic E-state index is 0.0465. The van der Waals surface area contributed by atoms with Crippen molar-refractivity contribution in [1.82, 2.24) is 5.32 Å². The van der Waals surface area contributed by atoms with Gasteiger partial charge in [0.1, 0.15) is 6.04 Å². The van der Waals surface area contributed by atoms with E-state index >= 15 is 0 Å². The summed E-state index contributed by atoms with van der Waals surface area (Å²) in [5.74, 6) is -1.70. The van der Waals surface area contributed by atoms with Gasteiger partial charge in [0.25, 0.3) is 0 Å². The summed E-state index contributed by atoms with van der Waals surface area (Å²) in [4.78, 5) is 11.2. The molecule has 17 heavy (non-hydrogen) atoms. The zero-order chi connectivity index (χ0) is 13.1. The Morgan fingerprint density at radius 1 is 1.41 bits per heavy atom. The zero-order valence-corrected chi connectivity index (χ0v) is 10.0. The standard InChI is InChI=1S/C11H18F3NO2/c1-7(10(16)17-2)15-9-5-3-4-8(6-9)11(12,13)14/h7-9,15H,3-6H2,1-2H3. The van der Waals surface area contributed by atoms with Crippen LogP contribution in [0.4, 0.5) is 13.2 Å². The maximum absolute atomic E-state index is 12.6. The fraction of sp³-hybridized carbons (Fsp3) is 0.909. The van der Waals surface area contributed by atoms with Gasteiger partial charge in [-0.1, -0.05) is 6.42 Å². The highest BCUT2D eigenvalue weighted by Gasteiger charge is 2.42. The Labute approximate surface area is 98.7 Å². The largest absolute Gasteiger partial charge is 0.468 e. The van der Waals surface area contributed by atoms with Crippen molar-refractivity contribution < 1.29 is 22.7 Å². The molecule has 0 spiro atoms. The Morgan fingerprint density at radius 3 is 2.59 bits per heavy atom. The van der Waals surface area contributed by atoms with Gasteiger partial charge in [0.2, 0.25) is 0 Å². The molecule has 0 aromatic heterocycles. The molecule has 1 aliphatic carbocycles. The van der Waals surface area contributed by atoms with E-state index in [1.165, 1.54) is 7.11 Å². The number of esters is 1. The molecule has 0 amide bonds. The van der Waals surface area contributed by atoms with Crippen molar-refractivity contribution in [2.45, 2.75) is 50.9 Å². The number of halogens is 3. The number of methoxy groups -OCH3 is 1. The van der Waals surface area contributed by atoms with Crippen molar-refractivity contribution in [3.05, 3.63) is 0 Å². The number of carbonyl (C=O) groups excluding carboxylic acids is 1. The Kier molecular flexibility index (Phi) is 4.80. The van der Waals surface area contributed by atoms with Gasteiger partial charge < -0.3 is 10.1 Å². The summed E-state index contributed by atoms with van der Waals surface area (Å²) < 4.78 is 42.2. The Morgan fingerprint density at radius 2 is 2.06 bits per heavy atom. The average molecular weight is 253 g/mol. The second kappa shape index (κ2) is 5.71. The first-order valence-electron chi connectivity index (χ1n) is 5.75. The van der Waals surface area contributed by atoms with Gasteiger partial charge in [0.15, 0.2) is 0 Å². The first-order valence-corrected chi connectivity index (χ1v) is 5.75. The van der Waals surface area contributed by atoms with E-state index in [9.17, 15) is 18.0 Å². The predicted octanol–water partition coefficient (Wildman–Crippen LogP) is 2.26. The SMILES string of the molecule is COC(=O)C(C)NC1CCCC(C(F)(F)F)C1. The first kappa shape index (κ1) is 14.3. The normalized spacial score (nSPS) is 27.6.